The molecule has 2 aromatic heterocycles. The molecule has 2 bridgehead atoms. The van der Waals surface area contributed by atoms with Gasteiger partial charge in [-0.05, 0) is 70.8 Å². The van der Waals surface area contributed by atoms with Gasteiger partial charge in [0, 0.05) is 37.3 Å². The molecule has 35 heavy (non-hydrogen) atoms. The van der Waals surface area contributed by atoms with Crippen molar-refractivity contribution in [2.75, 3.05) is 18.4 Å². The molecular formula is C25H31N3O5S2. The monoisotopic (exact) mass is 517 g/mol. The largest absolute Gasteiger partial charge is 0.459 e. The van der Waals surface area contributed by atoms with Crippen LogP contribution in [0.1, 0.15) is 71.3 Å². The number of hydrogen-bond acceptors (Lipinski definition) is 7. The lowest BCUT2D eigenvalue weighted by atomic mass is 9.83. The van der Waals surface area contributed by atoms with Gasteiger partial charge in [-0.3, -0.25) is 4.79 Å². The van der Waals surface area contributed by atoms with E-state index in [1.165, 1.54) is 0 Å². The quantitative estimate of drug-likeness (QED) is 0.467. The van der Waals surface area contributed by atoms with Crippen LogP contribution in [0.5, 0.6) is 0 Å². The van der Waals surface area contributed by atoms with Crippen molar-refractivity contribution in [3.05, 3.63) is 50.3 Å². The van der Waals surface area contributed by atoms with Gasteiger partial charge in [0.05, 0.1) is 17.8 Å². The normalized spacial score (nSPS) is 18.9. The number of thiophene rings is 1. The molecule has 2 aromatic rings. The Morgan fingerprint density at radius 2 is 1.77 bits per heavy atom. The third-order valence-corrected chi connectivity index (χ3v) is 7.76. The molecule has 8 nitrogen and oxygen atoms in total. The van der Waals surface area contributed by atoms with Gasteiger partial charge in [-0.2, -0.15) is 0 Å². The molecule has 0 radical (unpaired) electrons. The average Bonchev–Trinajstić information content (AvgIpc) is 3.09. The highest BCUT2D eigenvalue weighted by molar-refractivity contribution is 7.80. The molecule has 0 spiro atoms. The van der Waals surface area contributed by atoms with Crippen molar-refractivity contribution in [1.29, 1.82) is 0 Å². The van der Waals surface area contributed by atoms with Crippen molar-refractivity contribution in [1.82, 2.24) is 9.47 Å². The van der Waals surface area contributed by atoms with E-state index in [-0.39, 0.29) is 23.7 Å². The second-order valence-corrected chi connectivity index (χ2v) is 11.1. The second kappa shape index (κ2) is 10.1. The topological polar surface area (TPSA) is 89.9 Å². The Balaban J connectivity index is 1.59. The van der Waals surface area contributed by atoms with E-state index in [1.54, 1.807) is 40.7 Å². The highest BCUT2D eigenvalue weighted by Gasteiger charge is 2.36. The Labute approximate surface area is 214 Å². The maximum Gasteiger partial charge on any atom is 0.348 e. The van der Waals surface area contributed by atoms with Gasteiger partial charge in [0.15, 0.2) is 5.11 Å². The predicted molar refractivity (Wildman–Crippen MR) is 140 cm³/mol. The highest BCUT2D eigenvalue weighted by Crippen LogP contribution is 2.37. The summed E-state index contributed by atoms with van der Waals surface area (Å²) in [6, 6.07) is 5.42. The number of aromatic nitrogens is 1. The van der Waals surface area contributed by atoms with Gasteiger partial charge in [0.25, 0.3) is 5.56 Å². The number of carbonyl (C=O) groups excluding carboxylic acids is 2. The summed E-state index contributed by atoms with van der Waals surface area (Å²) in [5.74, 6) is -0.489. The van der Waals surface area contributed by atoms with Gasteiger partial charge in [-0.15, -0.1) is 11.3 Å². The summed E-state index contributed by atoms with van der Waals surface area (Å²) in [6.07, 6.45) is 0.422. The Hall–Kier alpha value is -2.72. The van der Waals surface area contributed by atoms with E-state index in [0.29, 0.717) is 51.7 Å². The minimum Gasteiger partial charge on any atom is -0.459 e. The van der Waals surface area contributed by atoms with Gasteiger partial charge < -0.3 is 24.3 Å². The SMILES string of the molecule is Cc1c(C(=O)OC(C)C)sc(NC(=S)N2C[C@@H]3C[C@@H](C2)c2cccc(=O)n2C3)c1C(=O)OC(C)C. The molecule has 2 aliphatic rings. The van der Waals surface area contributed by atoms with Crippen molar-refractivity contribution in [2.45, 2.75) is 65.7 Å². The van der Waals surface area contributed by atoms with Crippen LogP contribution in [0.15, 0.2) is 23.0 Å². The minimum atomic E-state index is -0.508. The lowest BCUT2D eigenvalue weighted by Crippen LogP contribution is -2.50. The van der Waals surface area contributed by atoms with Gasteiger partial charge in [0.2, 0.25) is 0 Å². The third kappa shape index (κ3) is 5.28. The summed E-state index contributed by atoms with van der Waals surface area (Å²) in [4.78, 5) is 40.4. The third-order valence-electron chi connectivity index (χ3n) is 6.21. The molecule has 0 aliphatic carbocycles. The fourth-order valence-corrected chi connectivity index (χ4v) is 6.21. The number of rotatable bonds is 5. The van der Waals surface area contributed by atoms with E-state index < -0.39 is 11.9 Å². The van der Waals surface area contributed by atoms with Crippen molar-refractivity contribution in [3.63, 3.8) is 0 Å². The number of thiocarbonyl (C=S) groups is 1. The lowest BCUT2D eigenvalue weighted by Gasteiger charge is -2.43. The number of nitrogens with one attached hydrogen (secondary N) is 1. The molecule has 0 amide bonds. The molecule has 4 heterocycles. The summed E-state index contributed by atoms with van der Waals surface area (Å²) >= 11 is 6.91. The Bertz CT molecular complexity index is 1220. The van der Waals surface area contributed by atoms with E-state index in [2.05, 4.69) is 10.2 Å². The van der Waals surface area contributed by atoms with Crippen molar-refractivity contribution >= 4 is 45.6 Å². The minimum absolute atomic E-state index is 0.0366. The number of anilines is 1. The summed E-state index contributed by atoms with van der Waals surface area (Å²) in [6.45, 7) is 10.9. The number of piperidine rings is 1. The first kappa shape index (κ1) is 25.4. The van der Waals surface area contributed by atoms with E-state index in [9.17, 15) is 14.4 Å². The van der Waals surface area contributed by atoms with Gasteiger partial charge in [-0.25, -0.2) is 9.59 Å². The number of ether oxygens (including phenoxy) is 2. The number of likely N-dealkylation sites (tertiary alicyclic amines) is 1. The summed E-state index contributed by atoms with van der Waals surface area (Å²) in [7, 11) is 0. The van der Waals surface area contributed by atoms with Crippen LogP contribution in [-0.2, 0) is 16.0 Å². The molecule has 1 fully saturated rings. The van der Waals surface area contributed by atoms with Crippen LogP contribution in [0.2, 0.25) is 0 Å². The zero-order valence-corrected chi connectivity index (χ0v) is 22.3. The molecule has 0 saturated carbocycles. The van der Waals surface area contributed by atoms with E-state index in [4.69, 9.17) is 21.7 Å². The fraction of sp³-hybridized carbons (Fsp3) is 0.520. The molecule has 4 rings (SSSR count). The zero-order valence-electron chi connectivity index (χ0n) is 20.6. The van der Waals surface area contributed by atoms with Crippen LogP contribution in [-0.4, -0.2) is 51.8 Å². The highest BCUT2D eigenvalue weighted by atomic mass is 32.1. The molecule has 2 atom stereocenters. The predicted octanol–water partition coefficient (Wildman–Crippen LogP) is 4.16. The maximum atomic E-state index is 12.9. The summed E-state index contributed by atoms with van der Waals surface area (Å²) in [5.41, 5.74) is 1.89. The van der Waals surface area contributed by atoms with Crippen LogP contribution in [0.3, 0.4) is 0 Å². The van der Waals surface area contributed by atoms with Crippen molar-refractivity contribution in [3.8, 4) is 0 Å². The summed E-state index contributed by atoms with van der Waals surface area (Å²) in [5, 5.41) is 4.18. The molecule has 1 N–H and O–H groups in total. The molecule has 2 aliphatic heterocycles. The van der Waals surface area contributed by atoms with Crippen LogP contribution in [0.4, 0.5) is 5.00 Å². The molecule has 0 unspecified atom stereocenters. The summed E-state index contributed by atoms with van der Waals surface area (Å²) < 4.78 is 12.7. The molecule has 1 saturated heterocycles. The number of fused-ring (bicyclic) bond motifs is 4. The molecule has 10 heteroatoms. The van der Waals surface area contributed by atoms with Crippen LogP contribution < -0.4 is 10.9 Å². The zero-order chi connectivity index (χ0) is 25.4. The standard InChI is InChI=1S/C25H31N3O5S2/c1-13(2)32-23(30)20-15(5)21(24(31)33-14(3)4)35-22(20)26-25(34)27-10-16-9-17(12-27)18-7-6-8-19(29)28(18)11-16/h6-8,13-14,16-17H,9-12H2,1-5H3,(H,26,34)/t16-,17-/m0/s1. The number of nitrogens with zero attached hydrogens (tertiary/aromatic N) is 2. The number of pyridine rings is 1. The number of hydrogen-bond donors (Lipinski definition) is 1. The van der Waals surface area contributed by atoms with Crippen molar-refractivity contribution < 1.29 is 19.1 Å². The van der Waals surface area contributed by atoms with Crippen LogP contribution >= 0.6 is 23.6 Å². The number of esters is 2. The molecule has 188 valence electrons. The second-order valence-electron chi connectivity index (χ2n) is 9.70. The van der Waals surface area contributed by atoms with E-state index in [0.717, 1.165) is 23.5 Å². The van der Waals surface area contributed by atoms with Crippen LogP contribution in [0.25, 0.3) is 0 Å². The molecule has 0 aromatic carbocycles. The van der Waals surface area contributed by atoms with Gasteiger partial charge in [-0.1, -0.05) is 6.07 Å². The first-order chi connectivity index (χ1) is 16.5. The first-order valence-electron chi connectivity index (χ1n) is 11.9. The fourth-order valence-electron chi connectivity index (χ4n) is 4.82. The lowest BCUT2D eigenvalue weighted by molar-refractivity contribution is 0.0378. The van der Waals surface area contributed by atoms with Gasteiger partial charge in [0.1, 0.15) is 9.88 Å². The van der Waals surface area contributed by atoms with Crippen LogP contribution in [0, 0.1) is 12.8 Å². The maximum absolute atomic E-state index is 12.9. The Morgan fingerprint density at radius 3 is 2.46 bits per heavy atom. The van der Waals surface area contributed by atoms with Crippen molar-refractivity contribution in [2.24, 2.45) is 5.92 Å². The Morgan fingerprint density at radius 1 is 1.09 bits per heavy atom. The average molecular weight is 518 g/mol. The van der Waals surface area contributed by atoms with E-state index >= 15 is 0 Å². The number of carbonyl (C=O) groups is 2. The van der Waals surface area contributed by atoms with E-state index in [1.807, 2.05) is 16.7 Å². The Kier molecular flexibility index (Phi) is 7.32. The first-order valence-corrected chi connectivity index (χ1v) is 13.1. The molecular weight excluding hydrogens is 486 g/mol. The van der Waals surface area contributed by atoms with Gasteiger partial charge >= 0.3 is 11.9 Å². The smallest absolute Gasteiger partial charge is 0.348 e.